The number of hydrogen-bond donors (Lipinski definition) is 1. The third-order valence-electron chi connectivity index (χ3n) is 5.65. The first-order valence-corrected chi connectivity index (χ1v) is 9.61. The Morgan fingerprint density at radius 1 is 1.04 bits per heavy atom. The van der Waals surface area contributed by atoms with Crippen LogP contribution in [0.25, 0.3) is 5.76 Å². The summed E-state index contributed by atoms with van der Waals surface area (Å²) >= 11 is 0. The SMILES string of the molecule is COc1cccc(C2/C(=C(/O)c3ccccc3)C(=O)C(=O)N2C2CCCC2)c1. The number of likely N-dealkylation sites (tertiary alicyclic amines) is 1. The quantitative estimate of drug-likeness (QED) is 0.496. The summed E-state index contributed by atoms with van der Waals surface area (Å²) in [7, 11) is 1.58. The molecule has 5 nitrogen and oxygen atoms in total. The molecule has 2 aliphatic rings. The molecule has 0 spiro atoms. The summed E-state index contributed by atoms with van der Waals surface area (Å²) in [5.74, 6) is -0.639. The lowest BCUT2D eigenvalue weighted by atomic mass is 9.94. The fourth-order valence-corrected chi connectivity index (χ4v) is 4.30. The van der Waals surface area contributed by atoms with E-state index in [0.29, 0.717) is 11.3 Å². The minimum absolute atomic E-state index is 0.00808. The second-order valence-electron chi connectivity index (χ2n) is 7.29. The molecule has 4 rings (SSSR count). The lowest BCUT2D eigenvalue weighted by Gasteiger charge is -2.30. The van der Waals surface area contributed by atoms with Crippen molar-refractivity contribution in [1.82, 2.24) is 4.90 Å². The van der Waals surface area contributed by atoms with Crippen molar-refractivity contribution in [2.45, 2.75) is 37.8 Å². The molecule has 0 bridgehead atoms. The zero-order chi connectivity index (χ0) is 19.7. The van der Waals surface area contributed by atoms with Crippen molar-refractivity contribution in [3.63, 3.8) is 0 Å². The molecule has 2 aromatic carbocycles. The topological polar surface area (TPSA) is 66.8 Å². The Balaban J connectivity index is 1.89. The number of ketones is 1. The zero-order valence-corrected chi connectivity index (χ0v) is 15.8. The van der Waals surface area contributed by atoms with Crippen LogP contribution in [-0.4, -0.2) is 34.8 Å². The number of rotatable bonds is 4. The van der Waals surface area contributed by atoms with E-state index >= 15 is 0 Å². The van der Waals surface area contributed by atoms with Crippen LogP contribution < -0.4 is 4.74 Å². The molecule has 0 aromatic heterocycles. The Hall–Kier alpha value is -3.08. The summed E-state index contributed by atoms with van der Waals surface area (Å²) in [6.45, 7) is 0. The van der Waals surface area contributed by atoms with Gasteiger partial charge in [0.25, 0.3) is 11.7 Å². The summed E-state index contributed by atoms with van der Waals surface area (Å²) in [6, 6.07) is 15.7. The van der Waals surface area contributed by atoms with Gasteiger partial charge in [-0.05, 0) is 30.5 Å². The summed E-state index contributed by atoms with van der Waals surface area (Å²) in [6.07, 6.45) is 3.83. The van der Waals surface area contributed by atoms with Crippen molar-refractivity contribution >= 4 is 17.4 Å². The Bertz CT molecular complexity index is 929. The molecule has 1 N–H and O–H groups in total. The van der Waals surface area contributed by atoms with Gasteiger partial charge >= 0.3 is 0 Å². The molecule has 1 aliphatic carbocycles. The Morgan fingerprint density at radius 3 is 2.43 bits per heavy atom. The number of benzene rings is 2. The summed E-state index contributed by atoms with van der Waals surface area (Å²) in [4.78, 5) is 27.6. The first-order chi connectivity index (χ1) is 13.6. The molecule has 1 unspecified atom stereocenters. The number of carbonyl (C=O) groups is 2. The minimum Gasteiger partial charge on any atom is -0.507 e. The van der Waals surface area contributed by atoms with Gasteiger partial charge in [0.15, 0.2) is 0 Å². The largest absolute Gasteiger partial charge is 0.507 e. The molecule has 1 saturated heterocycles. The maximum Gasteiger partial charge on any atom is 0.295 e. The molecule has 1 heterocycles. The summed E-state index contributed by atoms with van der Waals surface area (Å²) in [5, 5.41) is 11.0. The lowest BCUT2D eigenvalue weighted by molar-refractivity contribution is -0.141. The van der Waals surface area contributed by atoms with Crippen molar-refractivity contribution in [2.75, 3.05) is 7.11 Å². The summed E-state index contributed by atoms with van der Waals surface area (Å²) < 4.78 is 5.34. The molecule has 5 heteroatoms. The molecule has 144 valence electrons. The van der Waals surface area contributed by atoms with Gasteiger partial charge < -0.3 is 14.7 Å². The second kappa shape index (κ2) is 7.50. The van der Waals surface area contributed by atoms with Gasteiger partial charge in [0, 0.05) is 11.6 Å². The van der Waals surface area contributed by atoms with Gasteiger partial charge in [0.05, 0.1) is 18.7 Å². The van der Waals surface area contributed by atoms with Crippen LogP contribution in [0.4, 0.5) is 0 Å². The fraction of sp³-hybridized carbons (Fsp3) is 0.304. The zero-order valence-electron chi connectivity index (χ0n) is 15.8. The predicted octanol–water partition coefficient (Wildman–Crippen LogP) is 4.06. The number of hydrogen-bond acceptors (Lipinski definition) is 4. The number of ether oxygens (including phenoxy) is 1. The molecule has 0 radical (unpaired) electrons. The molecule has 2 fully saturated rings. The molecule has 28 heavy (non-hydrogen) atoms. The van der Waals surface area contributed by atoms with Crippen LogP contribution in [0.5, 0.6) is 5.75 Å². The van der Waals surface area contributed by atoms with Crippen LogP contribution in [-0.2, 0) is 9.59 Å². The van der Waals surface area contributed by atoms with Gasteiger partial charge in [-0.1, -0.05) is 55.3 Å². The Labute approximate surface area is 164 Å². The number of amides is 1. The van der Waals surface area contributed by atoms with E-state index in [2.05, 4.69) is 0 Å². The lowest BCUT2D eigenvalue weighted by Crippen LogP contribution is -2.37. The highest BCUT2D eigenvalue weighted by Crippen LogP contribution is 2.43. The number of Topliss-reactive ketones (excluding diaryl/α,β-unsaturated/α-hetero) is 1. The van der Waals surface area contributed by atoms with Crippen LogP contribution in [0.15, 0.2) is 60.2 Å². The third kappa shape index (κ3) is 3.07. The van der Waals surface area contributed by atoms with E-state index in [0.717, 1.165) is 31.2 Å². The highest BCUT2D eigenvalue weighted by atomic mass is 16.5. The summed E-state index contributed by atoms with van der Waals surface area (Å²) in [5.41, 5.74) is 1.44. The normalized spacial score (nSPS) is 22.0. The van der Waals surface area contributed by atoms with Gasteiger partial charge in [-0.25, -0.2) is 0 Å². The van der Waals surface area contributed by atoms with Crippen LogP contribution in [0.3, 0.4) is 0 Å². The maximum absolute atomic E-state index is 13.0. The Morgan fingerprint density at radius 2 is 1.75 bits per heavy atom. The number of nitrogens with zero attached hydrogens (tertiary/aromatic N) is 1. The van der Waals surface area contributed by atoms with Crippen LogP contribution >= 0.6 is 0 Å². The number of aliphatic hydroxyl groups excluding tert-OH is 1. The van der Waals surface area contributed by atoms with E-state index in [-0.39, 0.29) is 17.4 Å². The predicted molar refractivity (Wildman–Crippen MR) is 106 cm³/mol. The molecule has 1 amide bonds. The van der Waals surface area contributed by atoms with Crippen molar-refractivity contribution in [3.8, 4) is 5.75 Å². The monoisotopic (exact) mass is 377 g/mol. The molecular weight excluding hydrogens is 354 g/mol. The average molecular weight is 377 g/mol. The average Bonchev–Trinajstić information content (AvgIpc) is 3.35. The highest BCUT2D eigenvalue weighted by molar-refractivity contribution is 6.46. The van der Waals surface area contributed by atoms with Gasteiger partial charge in [0.1, 0.15) is 11.5 Å². The molecule has 2 aromatic rings. The maximum atomic E-state index is 13.0. The number of aliphatic hydroxyl groups is 1. The highest BCUT2D eigenvalue weighted by Gasteiger charge is 2.49. The van der Waals surface area contributed by atoms with Crippen LogP contribution in [0.2, 0.25) is 0 Å². The van der Waals surface area contributed by atoms with Gasteiger partial charge in [-0.3, -0.25) is 9.59 Å². The van der Waals surface area contributed by atoms with Crippen LogP contribution in [0.1, 0.15) is 42.9 Å². The van der Waals surface area contributed by atoms with Gasteiger partial charge in [-0.2, -0.15) is 0 Å². The van der Waals surface area contributed by atoms with Crippen LogP contribution in [0, 0.1) is 0 Å². The third-order valence-corrected chi connectivity index (χ3v) is 5.65. The first kappa shape index (κ1) is 18.3. The Kier molecular flexibility index (Phi) is 4.90. The van der Waals surface area contributed by atoms with E-state index in [9.17, 15) is 14.7 Å². The van der Waals surface area contributed by atoms with E-state index < -0.39 is 17.7 Å². The molecule has 1 saturated carbocycles. The van der Waals surface area contributed by atoms with Crippen molar-refractivity contribution in [3.05, 3.63) is 71.3 Å². The number of carbonyl (C=O) groups excluding carboxylic acids is 2. The molecule has 1 aliphatic heterocycles. The van der Waals surface area contributed by atoms with E-state index in [4.69, 9.17) is 4.74 Å². The van der Waals surface area contributed by atoms with Crippen molar-refractivity contribution in [2.24, 2.45) is 0 Å². The second-order valence-corrected chi connectivity index (χ2v) is 7.29. The van der Waals surface area contributed by atoms with Crippen molar-refractivity contribution < 1.29 is 19.4 Å². The number of methoxy groups -OCH3 is 1. The fourth-order valence-electron chi connectivity index (χ4n) is 4.30. The van der Waals surface area contributed by atoms with Crippen molar-refractivity contribution in [1.29, 1.82) is 0 Å². The minimum atomic E-state index is -0.624. The van der Waals surface area contributed by atoms with E-state index in [1.807, 2.05) is 30.3 Å². The molecular formula is C23H23NO4. The van der Waals surface area contributed by atoms with E-state index in [1.165, 1.54) is 0 Å². The standard InChI is InChI=1S/C23H23NO4/c1-28-18-13-7-10-16(14-18)20-19(21(25)15-8-3-2-4-9-15)22(26)23(27)24(20)17-11-5-6-12-17/h2-4,7-10,13-14,17,20,25H,5-6,11-12H2,1H3/b21-19-. The first-order valence-electron chi connectivity index (χ1n) is 9.61. The molecule has 1 atom stereocenters. The smallest absolute Gasteiger partial charge is 0.295 e. The van der Waals surface area contributed by atoms with E-state index in [1.54, 1.807) is 36.3 Å². The van der Waals surface area contributed by atoms with Gasteiger partial charge in [-0.15, -0.1) is 0 Å². The van der Waals surface area contributed by atoms with Gasteiger partial charge in [0.2, 0.25) is 0 Å².